The van der Waals surface area contributed by atoms with Crippen molar-refractivity contribution in [1.29, 1.82) is 0 Å². The van der Waals surface area contributed by atoms with E-state index in [2.05, 4.69) is 20.8 Å². The van der Waals surface area contributed by atoms with Crippen molar-refractivity contribution in [1.82, 2.24) is 0 Å². The Bertz CT molecular complexity index is 603. The zero-order valence-electron chi connectivity index (χ0n) is 29.3. The summed E-state index contributed by atoms with van der Waals surface area (Å²) in [4.78, 5) is 0. The molecule has 0 amide bonds. The standard InChI is InChI=1S/C38H78O3S/c1-4-7-10-13-16-17-18-19-20-21-22-23-24-25-27-30-33-36-41-42(39,40)37-38(34-31-28-15-12-9-6-3)35-32-29-26-14-11-8-5-2/h38H,4-37H2,1-3H3. The summed E-state index contributed by atoms with van der Waals surface area (Å²) >= 11 is 0. The maximum Gasteiger partial charge on any atom is 0.267 e. The predicted molar refractivity (Wildman–Crippen MR) is 188 cm³/mol. The number of hydrogen-bond donors (Lipinski definition) is 0. The van der Waals surface area contributed by atoms with E-state index in [1.54, 1.807) is 0 Å². The van der Waals surface area contributed by atoms with Gasteiger partial charge in [-0.25, -0.2) is 0 Å². The highest BCUT2D eigenvalue weighted by molar-refractivity contribution is 7.86. The number of rotatable bonds is 36. The van der Waals surface area contributed by atoms with Crippen LogP contribution in [0.5, 0.6) is 0 Å². The first-order chi connectivity index (χ1) is 20.6. The van der Waals surface area contributed by atoms with Crippen LogP contribution in [0.3, 0.4) is 0 Å². The molecule has 42 heavy (non-hydrogen) atoms. The van der Waals surface area contributed by atoms with E-state index in [4.69, 9.17) is 4.18 Å². The van der Waals surface area contributed by atoms with E-state index in [9.17, 15) is 8.42 Å². The second kappa shape index (κ2) is 33.8. The molecule has 0 saturated heterocycles. The molecule has 0 spiro atoms. The molecule has 1 atom stereocenters. The highest BCUT2D eigenvalue weighted by Gasteiger charge is 2.19. The zero-order chi connectivity index (χ0) is 30.8. The number of hydrogen-bond acceptors (Lipinski definition) is 3. The van der Waals surface area contributed by atoms with Crippen LogP contribution in [0.15, 0.2) is 0 Å². The highest BCUT2D eigenvalue weighted by atomic mass is 32.2. The van der Waals surface area contributed by atoms with Gasteiger partial charge in [0.25, 0.3) is 10.1 Å². The summed E-state index contributed by atoms with van der Waals surface area (Å²) < 4.78 is 31.0. The molecule has 0 heterocycles. The minimum absolute atomic E-state index is 0.233. The predicted octanol–water partition coefficient (Wildman–Crippen LogP) is 13.5. The van der Waals surface area contributed by atoms with E-state index in [0.717, 1.165) is 25.7 Å². The van der Waals surface area contributed by atoms with Gasteiger partial charge in [-0.3, -0.25) is 4.18 Å². The van der Waals surface area contributed by atoms with Crippen molar-refractivity contribution >= 4 is 10.1 Å². The molecular formula is C38H78O3S. The molecule has 0 saturated carbocycles. The van der Waals surface area contributed by atoms with Crippen LogP contribution < -0.4 is 0 Å². The summed E-state index contributed by atoms with van der Waals surface area (Å²) in [6.45, 7) is 7.18. The van der Waals surface area contributed by atoms with E-state index in [-0.39, 0.29) is 11.7 Å². The third-order valence-electron chi connectivity index (χ3n) is 9.13. The quantitative estimate of drug-likeness (QED) is 0.0521. The molecule has 0 aliphatic carbocycles. The van der Waals surface area contributed by atoms with E-state index in [1.807, 2.05) is 0 Å². The molecule has 0 radical (unpaired) electrons. The molecule has 0 bridgehead atoms. The average molecular weight is 615 g/mol. The van der Waals surface area contributed by atoms with Crippen LogP contribution in [-0.4, -0.2) is 20.8 Å². The molecule has 254 valence electrons. The van der Waals surface area contributed by atoms with Gasteiger partial charge in [0, 0.05) is 0 Å². The molecule has 4 heteroatoms. The summed E-state index contributed by atoms with van der Waals surface area (Å²) in [5, 5.41) is 0. The van der Waals surface area contributed by atoms with E-state index < -0.39 is 10.1 Å². The summed E-state index contributed by atoms with van der Waals surface area (Å²) in [7, 11) is -3.41. The lowest BCUT2D eigenvalue weighted by Crippen LogP contribution is -2.19. The lowest BCUT2D eigenvalue weighted by atomic mass is 9.95. The van der Waals surface area contributed by atoms with E-state index in [1.165, 1.54) is 180 Å². The molecule has 0 N–H and O–H groups in total. The summed E-state index contributed by atoms with van der Waals surface area (Å²) in [6.07, 6.45) is 41.4. The molecule has 1 unspecified atom stereocenters. The lowest BCUT2D eigenvalue weighted by molar-refractivity contribution is 0.299. The van der Waals surface area contributed by atoms with E-state index in [0.29, 0.717) is 6.61 Å². The van der Waals surface area contributed by atoms with Gasteiger partial charge in [0.2, 0.25) is 0 Å². The van der Waals surface area contributed by atoms with E-state index >= 15 is 0 Å². The van der Waals surface area contributed by atoms with Gasteiger partial charge >= 0.3 is 0 Å². The minimum atomic E-state index is -3.41. The maximum atomic E-state index is 12.8. The molecule has 0 rings (SSSR count). The third-order valence-corrected chi connectivity index (χ3v) is 10.5. The van der Waals surface area contributed by atoms with Crippen LogP contribution in [0.25, 0.3) is 0 Å². The van der Waals surface area contributed by atoms with Crippen LogP contribution in [0.1, 0.15) is 226 Å². The van der Waals surface area contributed by atoms with Gasteiger partial charge in [0.15, 0.2) is 0 Å². The normalized spacial score (nSPS) is 12.7. The Balaban J connectivity index is 3.88. The molecule has 3 nitrogen and oxygen atoms in total. The monoisotopic (exact) mass is 615 g/mol. The van der Waals surface area contributed by atoms with Crippen molar-refractivity contribution in [3.63, 3.8) is 0 Å². The van der Waals surface area contributed by atoms with Crippen molar-refractivity contribution in [3.05, 3.63) is 0 Å². The Morgan fingerprint density at radius 3 is 0.952 bits per heavy atom. The van der Waals surface area contributed by atoms with Crippen LogP contribution in [0.4, 0.5) is 0 Å². The highest BCUT2D eigenvalue weighted by Crippen LogP contribution is 2.22. The average Bonchev–Trinajstić information content (AvgIpc) is 2.97. The molecule has 0 aromatic heterocycles. The van der Waals surface area contributed by atoms with Gasteiger partial charge in [-0.15, -0.1) is 0 Å². The minimum Gasteiger partial charge on any atom is -0.270 e. The fourth-order valence-electron chi connectivity index (χ4n) is 6.26. The fraction of sp³-hybridized carbons (Fsp3) is 1.00. The summed E-state index contributed by atoms with van der Waals surface area (Å²) in [6, 6.07) is 0. The van der Waals surface area contributed by atoms with Crippen molar-refractivity contribution in [3.8, 4) is 0 Å². The van der Waals surface area contributed by atoms with Crippen LogP contribution in [-0.2, 0) is 14.3 Å². The van der Waals surface area contributed by atoms with Crippen molar-refractivity contribution in [2.75, 3.05) is 12.4 Å². The topological polar surface area (TPSA) is 43.4 Å². The maximum absolute atomic E-state index is 12.8. The van der Waals surface area contributed by atoms with Gasteiger partial charge in [0.05, 0.1) is 12.4 Å². The van der Waals surface area contributed by atoms with Gasteiger partial charge in [-0.1, -0.05) is 207 Å². The first kappa shape index (κ1) is 41.9. The van der Waals surface area contributed by atoms with Gasteiger partial charge in [-0.2, -0.15) is 8.42 Å². The lowest BCUT2D eigenvalue weighted by Gasteiger charge is -2.17. The first-order valence-corrected chi connectivity index (χ1v) is 21.0. The van der Waals surface area contributed by atoms with Gasteiger partial charge in [-0.05, 0) is 25.2 Å². The van der Waals surface area contributed by atoms with Crippen LogP contribution >= 0.6 is 0 Å². The summed E-state index contributed by atoms with van der Waals surface area (Å²) in [5.41, 5.74) is 0. The SMILES string of the molecule is CCCCCCCCCCCCCCCCCCCOS(=O)(=O)CC(CCCCCCCC)CCCCCCCCC. The third kappa shape index (κ3) is 32.8. The zero-order valence-corrected chi connectivity index (χ0v) is 30.1. The first-order valence-electron chi connectivity index (χ1n) is 19.4. The summed E-state index contributed by atoms with van der Waals surface area (Å²) in [5.74, 6) is 0.504. The van der Waals surface area contributed by atoms with Crippen LogP contribution in [0, 0.1) is 5.92 Å². The van der Waals surface area contributed by atoms with Gasteiger partial charge in [0.1, 0.15) is 0 Å². The number of unbranched alkanes of at least 4 members (excludes halogenated alkanes) is 27. The molecule has 0 aliphatic heterocycles. The smallest absolute Gasteiger partial charge is 0.267 e. The molecule has 0 aromatic rings. The molecule has 0 aliphatic rings. The Labute approximate surface area is 266 Å². The Hall–Kier alpha value is -0.0900. The molecule has 0 fully saturated rings. The van der Waals surface area contributed by atoms with Crippen molar-refractivity contribution in [2.24, 2.45) is 5.92 Å². The largest absolute Gasteiger partial charge is 0.270 e. The Kier molecular flexibility index (Phi) is 33.7. The molecule has 0 aromatic carbocycles. The Morgan fingerprint density at radius 2 is 0.643 bits per heavy atom. The van der Waals surface area contributed by atoms with Crippen molar-refractivity contribution < 1.29 is 12.6 Å². The van der Waals surface area contributed by atoms with Crippen molar-refractivity contribution in [2.45, 2.75) is 226 Å². The molecular weight excluding hydrogens is 536 g/mol. The Morgan fingerprint density at radius 1 is 0.381 bits per heavy atom. The fourth-order valence-corrected chi connectivity index (χ4v) is 7.64. The van der Waals surface area contributed by atoms with Crippen LogP contribution in [0.2, 0.25) is 0 Å². The van der Waals surface area contributed by atoms with Gasteiger partial charge < -0.3 is 0 Å². The second-order valence-corrected chi connectivity index (χ2v) is 15.2. The second-order valence-electron chi connectivity index (χ2n) is 13.5.